The number of H-pyrrole nitrogens is 1. The molecule has 2 heterocycles. The number of rotatable bonds is 4. The lowest BCUT2D eigenvalue weighted by Gasteiger charge is -1.99. The molecule has 0 radical (unpaired) electrons. The molecule has 0 aliphatic heterocycles. The molecule has 0 fully saturated rings. The van der Waals surface area contributed by atoms with Crippen molar-refractivity contribution in [1.29, 1.82) is 0 Å². The van der Waals surface area contributed by atoms with Crippen molar-refractivity contribution in [3.8, 4) is 22.7 Å². The molecule has 5 nitrogen and oxygen atoms in total. The zero-order valence-corrected chi connectivity index (χ0v) is 15.0. The second kappa shape index (κ2) is 7.11. The topological polar surface area (TPSA) is 59.1 Å². The molecule has 0 aliphatic carbocycles. The van der Waals surface area contributed by atoms with Crippen molar-refractivity contribution in [2.24, 2.45) is 5.10 Å². The lowest BCUT2D eigenvalue weighted by Crippen LogP contribution is -1.94. The maximum absolute atomic E-state index is 5.92. The highest BCUT2D eigenvalue weighted by Crippen LogP contribution is 2.23. The molecule has 2 aromatic heterocycles. The zero-order chi connectivity index (χ0) is 17.9. The lowest BCUT2D eigenvalue weighted by atomic mass is 10.2. The predicted octanol–water partition coefficient (Wildman–Crippen LogP) is 5.40. The fraction of sp³-hybridized carbons (Fsp3) is 0. The van der Waals surface area contributed by atoms with Crippen LogP contribution in [0.25, 0.3) is 22.7 Å². The van der Waals surface area contributed by atoms with Gasteiger partial charge in [-0.2, -0.15) is 14.9 Å². The Kier molecular flexibility index (Phi) is 4.51. The van der Waals surface area contributed by atoms with Crippen LogP contribution in [0.5, 0.6) is 0 Å². The van der Waals surface area contributed by atoms with Crippen LogP contribution in [0.3, 0.4) is 0 Å². The molecule has 0 bridgehead atoms. The molecule has 4 aromatic rings. The van der Waals surface area contributed by atoms with Crippen molar-refractivity contribution in [3.63, 3.8) is 0 Å². The molecule has 0 amide bonds. The maximum Gasteiger partial charge on any atom is 0.216 e. The smallest absolute Gasteiger partial charge is 0.216 e. The van der Waals surface area contributed by atoms with Gasteiger partial charge >= 0.3 is 0 Å². The van der Waals surface area contributed by atoms with Crippen LogP contribution in [-0.2, 0) is 0 Å². The van der Waals surface area contributed by atoms with Crippen LogP contribution < -0.4 is 0 Å². The highest BCUT2D eigenvalue weighted by molar-refractivity contribution is 7.71. The normalized spacial score (nSPS) is 11.3. The van der Waals surface area contributed by atoms with Gasteiger partial charge in [0, 0.05) is 16.1 Å². The first-order chi connectivity index (χ1) is 12.7. The minimum atomic E-state index is 0.407. The Morgan fingerprint density at radius 3 is 2.54 bits per heavy atom. The number of nitrogens with one attached hydrogen (secondary N) is 1. The predicted molar refractivity (Wildman–Crippen MR) is 105 cm³/mol. The number of halogens is 1. The molecule has 1 N–H and O–H groups in total. The van der Waals surface area contributed by atoms with Gasteiger partial charge in [0.2, 0.25) is 4.77 Å². The number of benzene rings is 2. The fourth-order valence-electron chi connectivity index (χ4n) is 2.48. The van der Waals surface area contributed by atoms with Crippen LogP contribution >= 0.6 is 23.8 Å². The van der Waals surface area contributed by atoms with E-state index in [0.717, 1.165) is 16.9 Å². The number of aromatic amines is 1. The summed E-state index contributed by atoms with van der Waals surface area (Å²) in [6, 6.07) is 20.9. The van der Waals surface area contributed by atoms with Gasteiger partial charge in [0.25, 0.3) is 0 Å². The van der Waals surface area contributed by atoms with Crippen molar-refractivity contribution in [1.82, 2.24) is 14.9 Å². The van der Waals surface area contributed by atoms with E-state index in [1.54, 1.807) is 10.9 Å². The van der Waals surface area contributed by atoms with Crippen molar-refractivity contribution < 1.29 is 4.42 Å². The summed E-state index contributed by atoms with van der Waals surface area (Å²) in [6.07, 6.45) is 1.61. The van der Waals surface area contributed by atoms with E-state index >= 15 is 0 Å². The van der Waals surface area contributed by atoms with Crippen LogP contribution in [0, 0.1) is 4.77 Å². The number of hydrogen-bond acceptors (Lipinski definition) is 4. The fourth-order valence-corrected chi connectivity index (χ4v) is 2.78. The average Bonchev–Trinajstić information content (AvgIpc) is 3.28. The Labute approximate surface area is 159 Å². The minimum Gasteiger partial charge on any atom is -0.455 e. The van der Waals surface area contributed by atoms with E-state index in [1.807, 2.05) is 66.7 Å². The summed E-state index contributed by atoms with van der Waals surface area (Å²) < 4.78 is 7.79. The largest absolute Gasteiger partial charge is 0.455 e. The van der Waals surface area contributed by atoms with E-state index in [4.69, 9.17) is 28.2 Å². The molecule has 0 saturated carbocycles. The van der Waals surface area contributed by atoms with Gasteiger partial charge in [-0.3, -0.25) is 0 Å². The van der Waals surface area contributed by atoms with Gasteiger partial charge in [0.1, 0.15) is 11.5 Å². The molecule has 0 saturated heterocycles. The Hall–Kier alpha value is -2.96. The first-order valence-electron chi connectivity index (χ1n) is 7.84. The summed E-state index contributed by atoms with van der Waals surface area (Å²) in [5, 5.41) is 12.1. The second-order valence-electron chi connectivity index (χ2n) is 5.48. The number of hydrogen-bond donors (Lipinski definition) is 1. The first kappa shape index (κ1) is 16.5. The summed E-state index contributed by atoms with van der Waals surface area (Å²) in [5.41, 5.74) is 1.86. The third-order valence-corrected chi connectivity index (χ3v) is 4.25. The Bertz CT molecular complexity index is 1110. The van der Waals surface area contributed by atoms with Crippen LogP contribution in [-0.4, -0.2) is 21.1 Å². The molecule has 128 valence electrons. The summed E-state index contributed by atoms with van der Waals surface area (Å²) in [4.78, 5) is 0. The van der Waals surface area contributed by atoms with Crippen LogP contribution in [0.4, 0.5) is 0 Å². The molecule has 0 unspecified atom stereocenters. The van der Waals surface area contributed by atoms with E-state index in [0.29, 0.717) is 21.4 Å². The summed E-state index contributed by atoms with van der Waals surface area (Å²) in [6.45, 7) is 0. The second-order valence-corrected chi connectivity index (χ2v) is 6.31. The third kappa shape index (κ3) is 3.37. The molecule has 26 heavy (non-hydrogen) atoms. The maximum atomic E-state index is 5.92. The van der Waals surface area contributed by atoms with Crippen LogP contribution in [0.15, 0.2) is 76.2 Å². The van der Waals surface area contributed by atoms with Crippen molar-refractivity contribution >= 4 is 30.0 Å². The standard InChI is InChI=1S/C19H13ClN4OS/c20-15-8-6-13(7-9-15)17-11-10-16(25-17)12-21-24-18(22-23-19(24)26)14-4-2-1-3-5-14/h1-12H,(H,23,26)/b21-12-. The Balaban J connectivity index is 1.63. The van der Waals surface area contributed by atoms with E-state index in [-0.39, 0.29) is 0 Å². The molecule has 7 heteroatoms. The highest BCUT2D eigenvalue weighted by atomic mass is 35.5. The molecule has 0 aliphatic rings. The lowest BCUT2D eigenvalue weighted by molar-refractivity contribution is 0.574. The molecular formula is C19H13ClN4OS. The summed E-state index contributed by atoms with van der Waals surface area (Å²) in [5.74, 6) is 1.98. The van der Waals surface area contributed by atoms with E-state index in [9.17, 15) is 0 Å². The number of furan rings is 1. The van der Waals surface area contributed by atoms with Crippen molar-refractivity contribution in [3.05, 3.63) is 82.3 Å². The van der Waals surface area contributed by atoms with Gasteiger partial charge in [-0.05, 0) is 48.6 Å². The third-order valence-electron chi connectivity index (χ3n) is 3.74. The first-order valence-corrected chi connectivity index (χ1v) is 8.62. The molecule has 0 atom stereocenters. The van der Waals surface area contributed by atoms with Crippen molar-refractivity contribution in [2.75, 3.05) is 0 Å². The SMILES string of the molecule is S=c1[nH]nc(-c2ccccc2)n1/N=C\c1ccc(-c2ccc(Cl)cc2)o1. The van der Waals surface area contributed by atoms with Crippen LogP contribution in [0.2, 0.25) is 5.02 Å². The summed E-state index contributed by atoms with van der Waals surface area (Å²) in [7, 11) is 0. The Morgan fingerprint density at radius 2 is 1.77 bits per heavy atom. The van der Waals surface area contributed by atoms with Gasteiger partial charge in [-0.1, -0.05) is 41.9 Å². The Morgan fingerprint density at radius 1 is 1.00 bits per heavy atom. The van der Waals surface area contributed by atoms with E-state index in [1.165, 1.54) is 0 Å². The molecule has 4 rings (SSSR count). The zero-order valence-electron chi connectivity index (χ0n) is 13.5. The van der Waals surface area contributed by atoms with Gasteiger partial charge < -0.3 is 4.42 Å². The van der Waals surface area contributed by atoms with Gasteiger partial charge in [-0.15, -0.1) is 0 Å². The van der Waals surface area contributed by atoms with Crippen molar-refractivity contribution in [2.45, 2.75) is 0 Å². The monoisotopic (exact) mass is 380 g/mol. The van der Waals surface area contributed by atoms with Crippen LogP contribution in [0.1, 0.15) is 5.76 Å². The molecule has 0 spiro atoms. The average molecular weight is 381 g/mol. The minimum absolute atomic E-state index is 0.407. The molecule has 2 aromatic carbocycles. The van der Waals surface area contributed by atoms with E-state index in [2.05, 4.69) is 15.3 Å². The molecular weight excluding hydrogens is 368 g/mol. The van der Waals surface area contributed by atoms with E-state index < -0.39 is 0 Å². The highest BCUT2D eigenvalue weighted by Gasteiger charge is 2.08. The number of nitrogens with zero attached hydrogens (tertiary/aromatic N) is 3. The van der Waals surface area contributed by atoms with Gasteiger partial charge in [-0.25, -0.2) is 5.10 Å². The van der Waals surface area contributed by atoms with Gasteiger partial charge in [0.15, 0.2) is 5.82 Å². The number of aromatic nitrogens is 3. The van der Waals surface area contributed by atoms with Gasteiger partial charge in [0.05, 0.1) is 6.21 Å². The quantitative estimate of drug-likeness (QED) is 0.380. The summed E-state index contributed by atoms with van der Waals surface area (Å²) >= 11 is 11.2.